The molecule has 3 heteroatoms. The van der Waals surface area contributed by atoms with Gasteiger partial charge in [0.25, 0.3) is 0 Å². The van der Waals surface area contributed by atoms with E-state index in [0.29, 0.717) is 0 Å². The summed E-state index contributed by atoms with van der Waals surface area (Å²) in [5, 5.41) is 18.4. The highest BCUT2D eigenvalue weighted by Gasteiger charge is 2.11. The van der Waals surface area contributed by atoms with E-state index in [0.717, 1.165) is 31.2 Å². The Morgan fingerprint density at radius 2 is 1.36 bits per heavy atom. The number of allylic oxidation sites excluding steroid dienone is 4. The van der Waals surface area contributed by atoms with E-state index in [4.69, 9.17) is 5.26 Å². The lowest BCUT2D eigenvalue weighted by molar-refractivity contribution is -0.283. The number of phenolic OH excluding ortho intramolecular Hbond substituents is 1. The van der Waals surface area contributed by atoms with Crippen LogP contribution in [0.15, 0.2) is 48.6 Å². The maximum Gasteiger partial charge on any atom is 0.118 e. The van der Waals surface area contributed by atoms with Crippen LogP contribution in [0.3, 0.4) is 0 Å². The first-order chi connectivity index (χ1) is 13.8. The van der Waals surface area contributed by atoms with Gasteiger partial charge in [0, 0.05) is 0 Å². The Labute approximate surface area is 172 Å². The Morgan fingerprint density at radius 3 is 1.96 bits per heavy atom. The Balaban J connectivity index is 1.94. The van der Waals surface area contributed by atoms with E-state index in [2.05, 4.69) is 36.1 Å². The highest BCUT2D eigenvalue weighted by Crippen LogP contribution is 2.25. The first-order valence-corrected chi connectivity index (χ1v) is 11.2. The van der Waals surface area contributed by atoms with Crippen LogP contribution in [-0.4, -0.2) is 10.4 Å². The molecule has 0 saturated carbocycles. The van der Waals surface area contributed by atoms with Crippen LogP contribution >= 0.6 is 0 Å². The van der Waals surface area contributed by atoms with Gasteiger partial charge in [0.2, 0.25) is 0 Å². The molecule has 0 saturated heterocycles. The molecule has 1 rings (SSSR count). The minimum Gasteiger partial charge on any atom is -0.508 e. The van der Waals surface area contributed by atoms with Gasteiger partial charge in [-0.3, -0.25) is 5.26 Å². The van der Waals surface area contributed by atoms with Crippen molar-refractivity contribution in [2.45, 2.75) is 96.5 Å². The minimum atomic E-state index is -0.300. The molecule has 0 fully saturated rings. The molecule has 28 heavy (non-hydrogen) atoms. The molecule has 0 aromatic heterocycles. The molecule has 0 spiro atoms. The lowest BCUT2D eigenvalue weighted by Gasteiger charge is -2.13. The van der Waals surface area contributed by atoms with Crippen LogP contribution in [0.25, 0.3) is 0 Å². The summed E-state index contributed by atoms with van der Waals surface area (Å²) < 4.78 is 0. The summed E-state index contributed by atoms with van der Waals surface area (Å²) in [6, 6.07) is 6.84. The average Bonchev–Trinajstić information content (AvgIpc) is 2.71. The Kier molecular flexibility index (Phi) is 15.3. The van der Waals surface area contributed by atoms with E-state index >= 15 is 0 Å². The van der Waals surface area contributed by atoms with Crippen molar-refractivity contribution in [1.29, 1.82) is 0 Å². The third kappa shape index (κ3) is 12.7. The number of hydrogen-bond acceptors (Lipinski definition) is 3. The number of phenols is 1. The summed E-state index contributed by atoms with van der Waals surface area (Å²) in [4.78, 5) is 4.61. The molecule has 1 unspecified atom stereocenters. The third-order valence-electron chi connectivity index (χ3n) is 5.06. The molecular weight excluding hydrogens is 348 g/mol. The Morgan fingerprint density at radius 1 is 0.786 bits per heavy atom. The van der Waals surface area contributed by atoms with Gasteiger partial charge in [-0.15, -0.1) is 0 Å². The van der Waals surface area contributed by atoms with Gasteiger partial charge in [-0.2, -0.15) is 0 Å². The van der Waals surface area contributed by atoms with E-state index < -0.39 is 0 Å². The second-order valence-electron chi connectivity index (χ2n) is 7.56. The molecule has 0 bridgehead atoms. The number of aromatic hydroxyl groups is 1. The van der Waals surface area contributed by atoms with Crippen molar-refractivity contribution in [3.8, 4) is 5.75 Å². The molecule has 0 aliphatic carbocycles. The van der Waals surface area contributed by atoms with Gasteiger partial charge in [0.15, 0.2) is 0 Å². The van der Waals surface area contributed by atoms with Crippen molar-refractivity contribution < 1.29 is 15.3 Å². The maximum absolute atomic E-state index is 9.33. The van der Waals surface area contributed by atoms with Crippen LogP contribution < -0.4 is 0 Å². The van der Waals surface area contributed by atoms with Gasteiger partial charge in [-0.25, -0.2) is 4.89 Å². The van der Waals surface area contributed by atoms with Crippen molar-refractivity contribution in [2.24, 2.45) is 0 Å². The summed E-state index contributed by atoms with van der Waals surface area (Å²) in [5.74, 6) is 0.231. The van der Waals surface area contributed by atoms with Crippen LogP contribution in [0.1, 0.15) is 102 Å². The SMILES string of the molecule is CCCCC/C=C\C/C=C\CCCCCCCCC(OO)c1ccc(O)cc1. The zero-order chi connectivity index (χ0) is 20.3. The topological polar surface area (TPSA) is 49.7 Å². The van der Waals surface area contributed by atoms with Crippen LogP contribution in [0.4, 0.5) is 0 Å². The monoisotopic (exact) mass is 388 g/mol. The van der Waals surface area contributed by atoms with Gasteiger partial charge in [-0.1, -0.05) is 88.3 Å². The lowest BCUT2D eigenvalue weighted by atomic mass is 10.0. The van der Waals surface area contributed by atoms with E-state index in [1.54, 1.807) is 24.3 Å². The number of benzene rings is 1. The van der Waals surface area contributed by atoms with Crippen LogP contribution in [0.2, 0.25) is 0 Å². The van der Waals surface area contributed by atoms with Gasteiger partial charge >= 0.3 is 0 Å². The minimum absolute atomic E-state index is 0.231. The fraction of sp³-hybridized carbons (Fsp3) is 0.600. The largest absolute Gasteiger partial charge is 0.508 e. The van der Waals surface area contributed by atoms with E-state index in [9.17, 15) is 5.11 Å². The first-order valence-electron chi connectivity index (χ1n) is 11.2. The van der Waals surface area contributed by atoms with Crippen molar-refractivity contribution in [3.05, 3.63) is 54.1 Å². The van der Waals surface area contributed by atoms with Crippen molar-refractivity contribution in [3.63, 3.8) is 0 Å². The van der Waals surface area contributed by atoms with Gasteiger partial charge < -0.3 is 5.11 Å². The van der Waals surface area contributed by atoms with E-state index in [-0.39, 0.29) is 11.9 Å². The molecule has 0 radical (unpaired) electrons. The smallest absolute Gasteiger partial charge is 0.118 e. The molecule has 1 aromatic rings. The second-order valence-corrected chi connectivity index (χ2v) is 7.56. The molecule has 0 heterocycles. The molecule has 1 atom stereocenters. The predicted octanol–water partition coefficient (Wildman–Crippen LogP) is 8.13. The molecule has 3 nitrogen and oxygen atoms in total. The summed E-state index contributed by atoms with van der Waals surface area (Å²) in [7, 11) is 0. The van der Waals surface area contributed by atoms with Gasteiger partial charge in [0.05, 0.1) is 0 Å². The normalized spacial score (nSPS) is 12.9. The number of unbranched alkanes of at least 4 members (excludes halogenated alkanes) is 9. The summed E-state index contributed by atoms with van der Waals surface area (Å²) in [5.41, 5.74) is 0.905. The summed E-state index contributed by atoms with van der Waals surface area (Å²) in [6.07, 6.45) is 24.4. The maximum atomic E-state index is 9.33. The van der Waals surface area contributed by atoms with Crippen molar-refractivity contribution >= 4 is 0 Å². The Hall–Kier alpha value is -1.58. The zero-order valence-corrected chi connectivity index (χ0v) is 17.7. The molecular formula is C25H40O3. The first kappa shape index (κ1) is 24.5. The number of rotatable bonds is 17. The van der Waals surface area contributed by atoms with Crippen LogP contribution in [0, 0.1) is 0 Å². The predicted molar refractivity (Wildman–Crippen MR) is 119 cm³/mol. The second kappa shape index (κ2) is 17.5. The molecule has 0 aliphatic rings. The van der Waals surface area contributed by atoms with E-state index in [1.165, 1.54) is 57.8 Å². The third-order valence-corrected chi connectivity index (χ3v) is 5.06. The highest BCUT2D eigenvalue weighted by molar-refractivity contribution is 5.27. The van der Waals surface area contributed by atoms with Gasteiger partial charge in [-0.05, 0) is 56.2 Å². The summed E-state index contributed by atoms with van der Waals surface area (Å²) in [6.45, 7) is 2.24. The van der Waals surface area contributed by atoms with Crippen LogP contribution in [-0.2, 0) is 4.89 Å². The molecule has 0 aliphatic heterocycles. The van der Waals surface area contributed by atoms with Crippen LogP contribution in [0.5, 0.6) is 5.75 Å². The van der Waals surface area contributed by atoms with E-state index in [1.807, 2.05) is 0 Å². The average molecular weight is 389 g/mol. The molecule has 0 amide bonds. The lowest BCUT2D eigenvalue weighted by Crippen LogP contribution is -2.01. The standard InChI is InChI=1S/C25H40O3/c1-2-3-4-5-6-7-8-9-10-11-12-13-14-15-16-17-18-25(28-27)23-19-21-24(26)22-20-23/h6-7,9-10,19-22,25-27H,2-5,8,11-18H2,1H3/b7-6-,10-9-. The Bertz CT molecular complexity index is 519. The fourth-order valence-corrected chi connectivity index (χ4v) is 3.29. The van der Waals surface area contributed by atoms with Crippen molar-refractivity contribution in [1.82, 2.24) is 0 Å². The number of hydrogen-bond donors (Lipinski definition) is 2. The van der Waals surface area contributed by atoms with Gasteiger partial charge in [0.1, 0.15) is 11.9 Å². The van der Waals surface area contributed by atoms with Crippen molar-refractivity contribution in [2.75, 3.05) is 0 Å². The molecule has 158 valence electrons. The summed E-state index contributed by atoms with van der Waals surface area (Å²) >= 11 is 0. The highest BCUT2D eigenvalue weighted by atomic mass is 17.1. The fourth-order valence-electron chi connectivity index (χ4n) is 3.29. The quantitative estimate of drug-likeness (QED) is 0.123. The molecule has 1 aromatic carbocycles. The zero-order valence-electron chi connectivity index (χ0n) is 17.7. The molecule has 2 N–H and O–H groups in total.